The van der Waals surface area contributed by atoms with Crippen molar-refractivity contribution in [2.24, 2.45) is 5.92 Å². The number of carbonyl (C=O) groups is 2. The van der Waals surface area contributed by atoms with Crippen molar-refractivity contribution in [3.63, 3.8) is 0 Å². The highest BCUT2D eigenvalue weighted by Crippen LogP contribution is 2.24. The second-order valence-electron chi connectivity index (χ2n) is 5.03. The quantitative estimate of drug-likeness (QED) is 0.791. The molecular formula is C13H19N3O3S. The maximum atomic E-state index is 11.8. The summed E-state index contributed by atoms with van der Waals surface area (Å²) in [6.45, 7) is 2.33. The third-order valence-corrected chi connectivity index (χ3v) is 4.38. The minimum Gasteiger partial charge on any atom is -0.481 e. The number of amides is 2. The minimum absolute atomic E-state index is 0.278. The number of thiazole rings is 1. The molecule has 0 radical (unpaired) electrons. The van der Waals surface area contributed by atoms with Crippen molar-refractivity contribution >= 4 is 23.3 Å². The standard InChI is InChI=1S/C13H19N3O3S/c1-8-6-14-11(20-8)7-15-13(19)16-10-5-3-2-4-9(10)12(17)18/h6,9-10H,2-5,7H2,1H3,(H,17,18)(H2,15,16,19). The van der Waals surface area contributed by atoms with E-state index >= 15 is 0 Å². The molecule has 1 heterocycles. The molecule has 1 aliphatic rings. The highest BCUT2D eigenvalue weighted by atomic mass is 32.1. The molecule has 7 heteroatoms. The lowest BCUT2D eigenvalue weighted by atomic mass is 9.84. The van der Waals surface area contributed by atoms with Crippen LogP contribution in [-0.4, -0.2) is 28.1 Å². The van der Waals surface area contributed by atoms with E-state index in [0.29, 0.717) is 13.0 Å². The summed E-state index contributed by atoms with van der Waals surface area (Å²) in [4.78, 5) is 28.2. The second-order valence-corrected chi connectivity index (χ2v) is 6.35. The molecule has 0 aliphatic heterocycles. The van der Waals surface area contributed by atoms with Crippen molar-refractivity contribution in [1.29, 1.82) is 0 Å². The molecule has 1 saturated carbocycles. The summed E-state index contributed by atoms with van der Waals surface area (Å²) in [7, 11) is 0. The fourth-order valence-electron chi connectivity index (χ4n) is 2.46. The first-order valence-corrected chi connectivity index (χ1v) is 7.56. The lowest BCUT2D eigenvalue weighted by Gasteiger charge is -2.29. The molecule has 1 aromatic rings. The maximum absolute atomic E-state index is 11.8. The van der Waals surface area contributed by atoms with Crippen molar-refractivity contribution in [2.75, 3.05) is 0 Å². The third kappa shape index (κ3) is 3.93. The molecular weight excluding hydrogens is 278 g/mol. The van der Waals surface area contributed by atoms with E-state index in [2.05, 4.69) is 15.6 Å². The van der Waals surface area contributed by atoms with Crippen molar-refractivity contribution < 1.29 is 14.7 Å². The zero-order valence-electron chi connectivity index (χ0n) is 11.4. The van der Waals surface area contributed by atoms with Gasteiger partial charge in [0.25, 0.3) is 0 Å². The van der Waals surface area contributed by atoms with Gasteiger partial charge in [-0.25, -0.2) is 9.78 Å². The van der Waals surface area contributed by atoms with E-state index in [1.54, 1.807) is 6.20 Å². The Hall–Kier alpha value is -1.63. The van der Waals surface area contributed by atoms with E-state index in [-0.39, 0.29) is 12.1 Å². The predicted molar refractivity (Wildman–Crippen MR) is 75.6 cm³/mol. The van der Waals surface area contributed by atoms with E-state index in [9.17, 15) is 9.59 Å². The Morgan fingerprint density at radius 1 is 1.45 bits per heavy atom. The van der Waals surface area contributed by atoms with E-state index in [1.807, 2.05) is 6.92 Å². The van der Waals surface area contributed by atoms with Gasteiger partial charge in [0.2, 0.25) is 0 Å². The number of aryl methyl sites for hydroxylation is 1. The number of urea groups is 1. The van der Waals surface area contributed by atoms with Crippen LogP contribution in [0.2, 0.25) is 0 Å². The Balaban J connectivity index is 1.82. The number of carbonyl (C=O) groups excluding carboxylic acids is 1. The highest BCUT2D eigenvalue weighted by molar-refractivity contribution is 7.11. The minimum atomic E-state index is -0.828. The summed E-state index contributed by atoms with van der Waals surface area (Å²) < 4.78 is 0. The molecule has 6 nitrogen and oxygen atoms in total. The largest absolute Gasteiger partial charge is 0.481 e. The molecule has 2 atom stereocenters. The van der Waals surface area contributed by atoms with Gasteiger partial charge in [0.15, 0.2) is 0 Å². The number of carboxylic acids is 1. The van der Waals surface area contributed by atoms with Gasteiger partial charge < -0.3 is 15.7 Å². The van der Waals surface area contributed by atoms with Crippen molar-refractivity contribution in [3.8, 4) is 0 Å². The van der Waals surface area contributed by atoms with Gasteiger partial charge in [-0.15, -0.1) is 11.3 Å². The fourth-order valence-corrected chi connectivity index (χ4v) is 3.18. The van der Waals surface area contributed by atoms with Crippen molar-refractivity contribution in [3.05, 3.63) is 16.1 Å². The molecule has 110 valence electrons. The van der Waals surface area contributed by atoms with E-state index in [1.165, 1.54) is 11.3 Å². The summed E-state index contributed by atoms with van der Waals surface area (Å²) in [5.41, 5.74) is 0. The van der Waals surface area contributed by atoms with Crippen LogP contribution < -0.4 is 10.6 Å². The van der Waals surface area contributed by atoms with E-state index < -0.39 is 11.9 Å². The number of hydrogen-bond acceptors (Lipinski definition) is 4. The van der Waals surface area contributed by atoms with Crippen LogP contribution in [0.4, 0.5) is 4.79 Å². The van der Waals surface area contributed by atoms with Crippen LogP contribution >= 0.6 is 11.3 Å². The third-order valence-electron chi connectivity index (χ3n) is 3.47. The zero-order valence-corrected chi connectivity index (χ0v) is 12.2. The van der Waals surface area contributed by atoms with Gasteiger partial charge in [0.1, 0.15) is 5.01 Å². The second kappa shape index (κ2) is 6.69. The average Bonchev–Trinajstić information content (AvgIpc) is 2.83. The molecule has 2 amide bonds. The lowest BCUT2D eigenvalue weighted by Crippen LogP contribution is -2.48. The van der Waals surface area contributed by atoms with Crippen LogP contribution in [-0.2, 0) is 11.3 Å². The van der Waals surface area contributed by atoms with E-state index in [0.717, 1.165) is 29.1 Å². The molecule has 0 saturated heterocycles. The van der Waals surface area contributed by atoms with Crippen LogP contribution in [0.5, 0.6) is 0 Å². The number of hydrogen-bond donors (Lipinski definition) is 3. The maximum Gasteiger partial charge on any atom is 0.315 e. The van der Waals surface area contributed by atoms with Gasteiger partial charge in [-0.05, 0) is 19.8 Å². The molecule has 1 aromatic heterocycles. The Labute approximate surface area is 121 Å². The predicted octanol–water partition coefficient (Wildman–Crippen LogP) is 1.89. The number of nitrogens with one attached hydrogen (secondary N) is 2. The normalized spacial score (nSPS) is 22.2. The van der Waals surface area contributed by atoms with Crippen LogP contribution in [0.15, 0.2) is 6.20 Å². The summed E-state index contributed by atoms with van der Waals surface area (Å²) >= 11 is 1.53. The summed E-state index contributed by atoms with van der Waals surface area (Å²) in [5.74, 6) is -1.30. The van der Waals surface area contributed by atoms with Crippen LogP contribution in [0.25, 0.3) is 0 Å². The monoisotopic (exact) mass is 297 g/mol. The molecule has 0 aromatic carbocycles. The number of rotatable bonds is 4. The Morgan fingerprint density at radius 2 is 2.20 bits per heavy atom. The van der Waals surface area contributed by atoms with Gasteiger partial charge in [0, 0.05) is 17.1 Å². The van der Waals surface area contributed by atoms with Crippen LogP contribution in [0, 0.1) is 12.8 Å². The van der Waals surface area contributed by atoms with Gasteiger partial charge in [-0.1, -0.05) is 12.8 Å². The first kappa shape index (κ1) is 14.8. The first-order chi connectivity index (χ1) is 9.56. The molecule has 0 bridgehead atoms. The van der Waals surface area contributed by atoms with Gasteiger partial charge in [-0.3, -0.25) is 4.79 Å². The fraction of sp³-hybridized carbons (Fsp3) is 0.615. The summed E-state index contributed by atoms with van der Waals surface area (Å²) in [6, 6.07) is -0.602. The molecule has 20 heavy (non-hydrogen) atoms. The summed E-state index contributed by atoms with van der Waals surface area (Å²) in [5, 5.41) is 15.5. The smallest absolute Gasteiger partial charge is 0.315 e. The Morgan fingerprint density at radius 3 is 2.85 bits per heavy atom. The van der Waals surface area contributed by atoms with Crippen molar-refractivity contribution in [1.82, 2.24) is 15.6 Å². The Kier molecular flexibility index (Phi) is 4.94. The Bertz CT molecular complexity index is 489. The zero-order chi connectivity index (χ0) is 14.5. The molecule has 2 rings (SSSR count). The van der Waals surface area contributed by atoms with Gasteiger partial charge >= 0.3 is 12.0 Å². The SMILES string of the molecule is Cc1cnc(CNC(=O)NC2CCCCC2C(=O)O)s1. The van der Waals surface area contributed by atoms with E-state index in [4.69, 9.17) is 5.11 Å². The number of aliphatic carboxylic acids is 1. The average molecular weight is 297 g/mol. The van der Waals surface area contributed by atoms with Crippen molar-refractivity contribution in [2.45, 2.75) is 45.2 Å². The van der Waals surface area contributed by atoms with Crippen LogP contribution in [0.3, 0.4) is 0 Å². The molecule has 1 aliphatic carbocycles. The van der Waals surface area contributed by atoms with Gasteiger partial charge in [0.05, 0.1) is 12.5 Å². The first-order valence-electron chi connectivity index (χ1n) is 6.74. The van der Waals surface area contributed by atoms with Crippen LogP contribution in [0.1, 0.15) is 35.6 Å². The molecule has 3 N–H and O–H groups in total. The topological polar surface area (TPSA) is 91.3 Å². The number of carboxylic acid groups (broad SMARTS) is 1. The molecule has 2 unspecified atom stereocenters. The molecule has 0 spiro atoms. The lowest BCUT2D eigenvalue weighted by molar-refractivity contribution is -0.143. The number of nitrogens with zero attached hydrogens (tertiary/aromatic N) is 1. The highest BCUT2D eigenvalue weighted by Gasteiger charge is 2.31. The number of aromatic nitrogens is 1. The van der Waals surface area contributed by atoms with Gasteiger partial charge in [-0.2, -0.15) is 0 Å². The summed E-state index contributed by atoms with van der Waals surface area (Å²) in [6.07, 6.45) is 4.99. The molecule has 1 fully saturated rings.